The molecule has 1 N–H and O–H groups in total. The summed E-state index contributed by atoms with van der Waals surface area (Å²) in [6.07, 6.45) is 1.49. The number of carbonyl (C=O) groups is 2. The average Bonchev–Trinajstić information content (AvgIpc) is 2.83. The van der Waals surface area contributed by atoms with Crippen LogP contribution in [0.2, 0.25) is 10.0 Å². The summed E-state index contributed by atoms with van der Waals surface area (Å²) < 4.78 is 12.4. The molecule has 0 bridgehead atoms. The van der Waals surface area contributed by atoms with E-state index in [9.17, 15) is 9.59 Å². The minimum Gasteiger partial charge on any atom is -0.490 e. The molecule has 0 aromatic heterocycles. The minimum atomic E-state index is -0.579. The van der Waals surface area contributed by atoms with E-state index in [4.69, 9.17) is 44.9 Å². The summed E-state index contributed by atoms with van der Waals surface area (Å²) in [5, 5.41) is 3.64. The van der Waals surface area contributed by atoms with Gasteiger partial charge in [0.2, 0.25) is 0 Å². The molecular formula is C27H21BrCl2N2O4S. The van der Waals surface area contributed by atoms with Crippen molar-refractivity contribution in [1.29, 1.82) is 0 Å². The first kappa shape index (κ1) is 27.1. The van der Waals surface area contributed by atoms with Crippen LogP contribution in [0.15, 0.2) is 64.6 Å². The van der Waals surface area contributed by atoms with E-state index in [1.165, 1.54) is 11.0 Å². The van der Waals surface area contributed by atoms with Gasteiger partial charge >= 0.3 is 0 Å². The van der Waals surface area contributed by atoms with E-state index in [1.54, 1.807) is 42.5 Å². The Morgan fingerprint density at radius 3 is 2.46 bits per heavy atom. The van der Waals surface area contributed by atoms with Gasteiger partial charge in [0.15, 0.2) is 16.6 Å². The van der Waals surface area contributed by atoms with Crippen molar-refractivity contribution in [1.82, 2.24) is 5.32 Å². The second-order valence-electron chi connectivity index (χ2n) is 8.08. The molecule has 6 nitrogen and oxygen atoms in total. The SMILES string of the molecule is CCOc1cc(/C=C2\C(=O)NC(=S)N(c3ccc(C)cc3)C2=O)cc(Br)c1OCc1ccc(Cl)cc1Cl. The number of nitrogens with zero attached hydrogens (tertiary/aromatic N) is 1. The highest BCUT2D eigenvalue weighted by Crippen LogP contribution is 2.39. The van der Waals surface area contributed by atoms with Crippen LogP contribution in [0.25, 0.3) is 6.08 Å². The summed E-state index contributed by atoms with van der Waals surface area (Å²) >= 11 is 21.1. The summed E-state index contributed by atoms with van der Waals surface area (Å²) in [5.41, 5.74) is 2.84. The standard InChI is InChI=1S/C27H21BrCl2N2O4S/c1-3-35-23-12-16(11-21(28)24(23)36-14-17-6-7-18(29)13-22(17)30)10-20-25(33)31-27(37)32(26(20)34)19-8-4-15(2)5-9-19/h4-13H,3,14H2,1-2H3,(H,31,33,37)/b20-10+. The third-order valence-corrected chi connectivity index (χ3v) is 6.88. The lowest BCUT2D eigenvalue weighted by Crippen LogP contribution is -2.54. The van der Waals surface area contributed by atoms with Gasteiger partial charge in [0.25, 0.3) is 11.8 Å². The van der Waals surface area contributed by atoms with Gasteiger partial charge in [-0.1, -0.05) is 47.0 Å². The fraction of sp³-hybridized carbons (Fsp3) is 0.148. The van der Waals surface area contributed by atoms with Crippen LogP contribution in [0, 0.1) is 6.92 Å². The maximum Gasteiger partial charge on any atom is 0.270 e. The van der Waals surface area contributed by atoms with E-state index in [0.717, 1.165) is 11.1 Å². The number of carbonyl (C=O) groups excluding carboxylic acids is 2. The van der Waals surface area contributed by atoms with Crippen molar-refractivity contribution in [3.8, 4) is 11.5 Å². The molecule has 0 saturated carbocycles. The van der Waals surface area contributed by atoms with Gasteiger partial charge in [0.1, 0.15) is 12.2 Å². The van der Waals surface area contributed by atoms with E-state index in [1.807, 2.05) is 26.0 Å². The highest BCUT2D eigenvalue weighted by molar-refractivity contribution is 9.10. The molecule has 3 aromatic carbocycles. The summed E-state index contributed by atoms with van der Waals surface area (Å²) in [5.74, 6) is -0.213. The van der Waals surface area contributed by atoms with Gasteiger partial charge in [0, 0.05) is 15.6 Å². The molecule has 10 heteroatoms. The predicted molar refractivity (Wildman–Crippen MR) is 153 cm³/mol. The maximum atomic E-state index is 13.3. The zero-order chi connectivity index (χ0) is 26.7. The van der Waals surface area contributed by atoms with Gasteiger partial charge < -0.3 is 9.47 Å². The third-order valence-electron chi connectivity index (χ3n) is 5.42. The molecule has 0 radical (unpaired) electrons. The van der Waals surface area contributed by atoms with Crippen LogP contribution in [0.4, 0.5) is 5.69 Å². The number of halogens is 3. The van der Waals surface area contributed by atoms with Gasteiger partial charge in [0.05, 0.1) is 16.8 Å². The fourth-order valence-electron chi connectivity index (χ4n) is 3.62. The first-order valence-corrected chi connectivity index (χ1v) is 13.1. The number of amides is 2. The van der Waals surface area contributed by atoms with E-state index < -0.39 is 11.8 Å². The molecule has 0 aliphatic carbocycles. The fourth-order valence-corrected chi connectivity index (χ4v) is 4.93. The zero-order valence-electron chi connectivity index (χ0n) is 19.8. The first-order valence-electron chi connectivity index (χ1n) is 11.2. The second kappa shape index (κ2) is 11.6. The van der Waals surface area contributed by atoms with Crippen LogP contribution in [0.1, 0.15) is 23.6 Å². The number of thiocarbonyl (C=S) groups is 1. The van der Waals surface area contributed by atoms with Crippen molar-refractivity contribution in [2.24, 2.45) is 0 Å². The van der Waals surface area contributed by atoms with Crippen LogP contribution >= 0.6 is 51.3 Å². The molecule has 1 heterocycles. The lowest BCUT2D eigenvalue weighted by molar-refractivity contribution is -0.122. The smallest absolute Gasteiger partial charge is 0.270 e. The van der Waals surface area contributed by atoms with Crippen LogP contribution in [0.3, 0.4) is 0 Å². The Hall–Kier alpha value is -2.91. The highest BCUT2D eigenvalue weighted by Gasteiger charge is 2.34. The van der Waals surface area contributed by atoms with Crippen LogP contribution in [-0.4, -0.2) is 23.5 Å². The highest BCUT2D eigenvalue weighted by atomic mass is 79.9. The normalized spacial score (nSPS) is 14.7. The first-order chi connectivity index (χ1) is 17.7. The molecule has 0 atom stereocenters. The molecule has 1 aliphatic heterocycles. The Labute approximate surface area is 238 Å². The molecule has 0 unspecified atom stereocenters. The van der Waals surface area contributed by atoms with Crippen LogP contribution < -0.4 is 19.7 Å². The number of benzene rings is 3. The quantitative estimate of drug-likeness (QED) is 0.178. The van der Waals surface area contributed by atoms with Gasteiger partial charge in [-0.15, -0.1) is 0 Å². The maximum absolute atomic E-state index is 13.3. The van der Waals surface area contributed by atoms with Crippen molar-refractivity contribution in [2.45, 2.75) is 20.5 Å². The average molecular weight is 620 g/mol. The molecule has 2 amide bonds. The third kappa shape index (κ3) is 6.15. The number of ether oxygens (including phenoxy) is 2. The molecule has 0 spiro atoms. The van der Waals surface area contributed by atoms with Crippen LogP contribution in [0.5, 0.6) is 11.5 Å². The Kier molecular flexibility index (Phi) is 8.54. The Morgan fingerprint density at radius 1 is 1.05 bits per heavy atom. The Balaban J connectivity index is 1.66. The molecule has 3 aromatic rings. The van der Waals surface area contributed by atoms with E-state index in [2.05, 4.69) is 21.2 Å². The molecule has 1 saturated heterocycles. The van der Waals surface area contributed by atoms with Crippen molar-refractivity contribution in [3.05, 3.63) is 91.4 Å². The van der Waals surface area contributed by atoms with Crippen molar-refractivity contribution in [2.75, 3.05) is 11.5 Å². The summed E-state index contributed by atoms with van der Waals surface area (Å²) in [4.78, 5) is 27.4. The van der Waals surface area contributed by atoms with Crippen molar-refractivity contribution >= 4 is 80.0 Å². The lowest BCUT2D eigenvalue weighted by Gasteiger charge is -2.29. The van der Waals surface area contributed by atoms with E-state index in [-0.39, 0.29) is 17.3 Å². The number of hydrogen-bond donors (Lipinski definition) is 1. The van der Waals surface area contributed by atoms with Crippen molar-refractivity contribution in [3.63, 3.8) is 0 Å². The zero-order valence-corrected chi connectivity index (χ0v) is 23.7. The second-order valence-corrected chi connectivity index (χ2v) is 10.2. The minimum absolute atomic E-state index is 0.0248. The van der Waals surface area contributed by atoms with E-state index >= 15 is 0 Å². The van der Waals surface area contributed by atoms with Gasteiger partial charge in [-0.05, 0) is 90.0 Å². The summed E-state index contributed by atoms with van der Waals surface area (Å²) in [6, 6.07) is 15.9. The lowest BCUT2D eigenvalue weighted by atomic mass is 10.1. The Bertz CT molecular complexity index is 1430. The summed E-state index contributed by atoms with van der Waals surface area (Å²) in [7, 11) is 0. The number of nitrogens with one attached hydrogen (secondary N) is 1. The molecule has 1 aliphatic rings. The van der Waals surface area contributed by atoms with Crippen LogP contribution in [-0.2, 0) is 16.2 Å². The number of aryl methyl sites for hydroxylation is 1. The topological polar surface area (TPSA) is 67.9 Å². The van der Waals surface area contributed by atoms with Gasteiger partial charge in [-0.2, -0.15) is 0 Å². The predicted octanol–water partition coefficient (Wildman–Crippen LogP) is 6.87. The monoisotopic (exact) mass is 618 g/mol. The number of hydrogen-bond acceptors (Lipinski definition) is 5. The van der Waals surface area contributed by atoms with E-state index in [0.29, 0.717) is 43.9 Å². The molecule has 4 rings (SSSR count). The molecule has 190 valence electrons. The largest absolute Gasteiger partial charge is 0.490 e. The molecule has 37 heavy (non-hydrogen) atoms. The van der Waals surface area contributed by atoms with Gasteiger partial charge in [-0.25, -0.2) is 0 Å². The van der Waals surface area contributed by atoms with Gasteiger partial charge in [-0.3, -0.25) is 19.8 Å². The number of rotatable bonds is 7. The molecular weight excluding hydrogens is 599 g/mol. The van der Waals surface area contributed by atoms with Crippen molar-refractivity contribution < 1.29 is 19.1 Å². The molecule has 1 fully saturated rings. The summed E-state index contributed by atoms with van der Waals surface area (Å²) in [6.45, 7) is 4.34. The Morgan fingerprint density at radius 2 is 1.78 bits per heavy atom. The number of anilines is 1.